The number of carbonyl (C=O) groups is 1. The van der Waals surface area contributed by atoms with Crippen molar-refractivity contribution >= 4 is 5.91 Å². The quantitative estimate of drug-likeness (QED) is 0.763. The van der Waals surface area contributed by atoms with Gasteiger partial charge in [-0.05, 0) is 25.5 Å². The normalized spacial score (nSPS) is 12.0. The van der Waals surface area contributed by atoms with Gasteiger partial charge in [0.15, 0.2) is 11.5 Å². The second-order valence-corrected chi connectivity index (χ2v) is 4.61. The molecule has 0 radical (unpaired) electrons. The first-order valence-corrected chi connectivity index (χ1v) is 6.63. The molecule has 1 atom stereocenters. The van der Waals surface area contributed by atoms with Crippen LogP contribution in [0.2, 0.25) is 0 Å². The fourth-order valence-corrected chi connectivity index (χ4v) is 1.73. The summed E-state index contributed by atoms with van der Waals surface area (Å²) in [6.45, 7) is -0.806. The first-order valence-electron chi connectivity index (χ1n) is 6.63. The number of rotatable bonds is 8. The van der Waals surface area contributed by atoms with Crippen molar-refractivity contribution in [1.82, 2.24) is 5.32 Å². The van der Waals surface area contributed by atoms with Crippen molar-refractivity contribution in [3.8, 4) is 17.2 Å². The van der Waals surface area contributed by atoms with Gasteiger partial charge in [0.25, 0.3) is 5.91 Å². The molecule has 0 aliphatic rings. The maximum absolute atomic E-state index is 12.4. The zero-order chi connectivity index (χ0) is 16.7. The summed E-state index contributed by atoms with van der Waals surface area (Å²) in [4.78, 5) is 12.0. The summed E-state index contributed by atoms with van der Waals surface area (Å²) in [5.41, 5.74) is 5.80. The number of ether oxygens (including phenoxy) is 3. The Morgan fingerprint density at radius 1 is 1.27 bits per heavy atom. The number of amides is 1. The van der Waals surface area contributed by atoms with Crippen LogP contribution in [0.15, 0.2) is 12.1 Å². The van der Waals surface area contributed by atoms with Gasteiger partial charge in [0.1, 0.15) is 0 Å². The van der Waals surface area contributed by atoms with Gasteiger partial charge in [0.05, 0.1) is 14.2 Å². The molecule has 0 aliphatic carbocycles. The van der Waals surface area contributed by atoms with E-state index < -0.39 is 6.61 Å². The minimum Gasteiger partial charge on any atom is -0.493 e. The Kier molecular flexibility index (Phi) is 6.84. The molecular formula is C14H20F2N2O4. The minimum absolute atomic E-state index is 0.0167. The molecule has 0 aliphatic heterocycles. The van der Waals surface area contributed by atoms with Crippen LogP contribution in [-0.4, -0.2) is 39.3 Å². The molecule has 1 aromatic rings. The zero-order valence-corrected chi connectivity index (χ0v) is 12.7. The molecule has 6 nitrogen and oxygen atoms in total. The molecular weight excluding hydrogens is 298 g/mol. The predicted molar refractivity (Wildman–Crippen MR) is 76.8 cm³/mol. The standard InChI is InChI=1S/C14H20F2N2O4/c1-8(17)4-5-18-13(19)9-6-10(20-2)12(22-14(15)16)11(7-9)21-3/h6-8,14H,4-5,17H2,1-3H3,(H,18,19). The minimum atomic E-state index is -3.03. The van der Waals surface area contributed by atoms with Crippen LogP contribution in [0.3, 0.4) is 0 Å². The van der Waals surface area contributed by atoms with Gasteiger partial charge in [-0.15, -0.1) is 0 Å². The molecule has 8 heteroatoms. The lowest BCUT2D eigenvalue weighted by Crippen LogP contribution is -2.29. The van der Waals surface area contributed by atoms with Gasteiger partial charge in [-0.2, -0.15) is 8.78 Å². The lowest BCUT2D eigenvalue weighted by atomic mass is 10.1. The molecule has 0 aromatic heterocycles. The summed E-state index contributed by atoms with van der Waals surface area (Å²) in [7, 11) is 2.57. The van der Waals surface area contributed by atoms with E-state index in [9.17, 15) is 13.6 Å². The Morgan fingerprint density at radius 3 is 2.23 bits per heavy atom. The Morgan fingerprint density at radius 2 is 1.82 bits per heavy atom. The van der Waals surface area contributed by atoms with Crippen LogP contribution in [0, 0.1) is 0 Å². The molecule has 0 heterocycles. The van der Waals surface area contributed by atoms with E-state index in [4.69, 9.17) is 15.2 Å². The molecule has 1 amide bonds. The molecule has 1 rings (SSSR count). The molecule has 22 heavy (non-hydrogen) atoms. The maximum atomic E-state index is 12.4. The second kappa shape index (κ2) is 8.38. The van der Waals surface area contributed by atoms with Gasteiger partial charge in [0, 0.05) is 18.2 Å². The molecule has 0 saturated heterocycles. The van der Waals surface area contributed by atoms with Crippen molar-refractivity contribution in [3.05, 3.63) is 17.7 Å². The third-order valence-corrected chi connectivity index (χ3v) is 2.81. The fourth-order valence-electron chi connectivity index (χ4n) is 1.73. The molecule has 1 aromatic carbocycles. The van der Waals surface area contributed by atoms with Crippen LogP contribution in [0.1, 0.15) is 23.7 Å². The van der Waals surface area contributed by atoms with Gasteiger partial charge >= 0.3 is 6.61 Å². The number of hydrogen-bond donors (Lipinski definition) is 2. The highest BCUT2D eigenvalue weighted by Crippen LogP contribution is 2.39. The molecule has 0 fully saturated rings. The summed E-state index contributed by atoms with van der Waals surface area (Å²) in [6.07, 6.45) is 0.618. The van der Waals surface area contributed by atoms with E-state index >= 15 is 0 Å². The summed E-state index contributed by atoms with van der Waals surface area (Å²) < 4.78 is 39.2. The van der Waals surface area contributed by atoms with E-state index in [1.165, 1.54) is 26.4 Å². The number of methoxy groups -OCH3 is 2. The lowest BCUT2D eigenvalue weighted by molar-refractivity contribution is -0.0526. The third kappa shape index (κ3) is 5.03. The second-order valence-electron chi connectivity index (χ2n) is 4.61. The largest absolute Gasteiger partial charge is 0.493 e. The third-order valence-electron chi connectivity index (χ3n) is 2.81. The predicted octanol–water partition coefficient (Wildman–Crippen LogP) is 1.77. The Hall–Kier alpha value is -2.09. The Balaban J connectivity index is 2.99. The SMILES string of the molecule is COc1cc(C(=O)NCCC(C)N)cc(OC)c1OC(F)F. The van der Waals surface area contributed by atoms with Gasteiger partial charge < -0.3 is 25.3 Å². The number of carbonyl (C=O) groups excluding carboxylic acids is 1. The number of benzene rings is 1. The van der Waals surface area contributed by atoms with Crippen LogP contribution in [0.4, 0.5) is 8.78 Å². The highest BCUT2D eigenvalue weighted by molar-refractivity contribution is 5.95. The Bertz CT molecular complexity index is 485. The van der Waals surface area contributed by atoms with E-state index in [1.54, 1.807) is 0 Å². The van der Waals surface area contributed by atoms with E-state index in [-0.39, 0.29) is 34.8 Å². The van der Waals surface area contributed by atoms with Crippen LogP contribution in [0.5, 0.6) is 17.2 Å². The number of hydrogen-bond acceptors (Lipinski definition) is 5. The van der Waals surface area contributed by atoms with E-state index in [1.807, 2.05) is 6.92 Å². The first-order chi connectivity index (χ1) is 10.4. The van der Waals surface area contributed by atoms with Gasteiger partial charge in [-0.25, -0.2) is 0 Å². The summed E-state index contributed by atoms with van der Waals surface area (Å²) in [5.74, 6) is -0.679. The summed E-state index contributed by atoms with van der Waals surface area (Å²) in [5, 5.41) is 2.67. The van der Waals surface area contributed by atoms with Crippen LogP contribution < -0.4 is 25.3 Å². The van der Waals surface area contributed by atoms with Gasteiger partial charge in [-0.1, -0.05) is 0 Å². The average Bonchev–Trinajstić information content (AvgIpc) is 2.46. The van der Waals surface area contributed by atoms with Crippen molar-refractivity contribution in [2.45, 2.75) is 26.0 Å². The number of halogens is 2. The zero-order valence-electron chi connectivity index (χ0n) is 12.7. The highest BCUT2D eigenvalue weighted by Gasteiger charge is 2.20. The highest BCUT2D eigenvalue weighted by atomic mass is 19.3. The molecule has 3 N–H and O–H groups in total. The topological polar surface area (TPSA) is 82.8 Å². The monoisotopic (exact) mass is 318 g/mol. The van der Waals surface area contributed by atoms with E-state index in [0.717, 1.165) is 0 Å². The smallest absolute Gasteiger partial charge is 0.387 e. The summed E-state index contributed by atoms with van der Waals surface area (Å²) >= 11 is 0. The maximum Gasteiger partial charge on any atom is 0.387 e. The lowest BCUT2D eigenvalue weighted by Gasteiger charge is -2.15. The molecule has 124 valence electrons. The van der Waals surface area contributed by atoms with Crippen molar-refractivity contribution in [1.29, 1.82) is 0 Å². The van der Waals surface area contributed by atoms with Crippen molar-refractivity contribution in [2.24, 2.45) is 5.73 Å². The fraction of sp³-hybridized carbons (Fsp3) is 0.500. The molecule has 1 unspecified atom stereocenters. The van der Waals surface area contributed by atoms with Crippen molar-refractivity contribution < 1.29 is 27.8 Å². The van der Waals surface area contributed by atoms with Gasteiger partial charge in [0.2, 0.25) is 5.75 Å². The Labute approximate surface area is 127 Å². The van der Waals surface area contributed by atoms with Crippen molar-refractivity contribution in [2.75, 3.05) is 20.8 Å². The van der Waals surface area contributed by atoms with Crippen LogP contribution >= 0.6 is 0 Å². The van der Waals surface area contributed by atoms with E-state index in [2.05, 4.69) is 10.1 Å². The van der Waals surface area contributed by atoms with Crippen LogP contribution in [0.25, 0.3) is 0 Å². The molecule has 0 bridgehead atoms. The first kappa shape index (κ1) is 18.0. The number of nitrogens with two attached hydrogens (primary N) is 1. The van der Waals surface area contributed by atoms with Gasteiger partial charge in [-0.3, -0.25) is 4.79 Å². The average molecular weight is 318 g/mol. The van der Waals surface area contributed by atoms with Crippen molar-refractivity contribution in [3.63, 3.8) is 0 Å². The number of nitrogens with one attached hydrogen (secondary N) is 1. The molecule has 0 spiro atoms. The van der Waals surface area contributed by atoms with Crippen LogP contribution in [-0.2, 0) is 0 Å². The number of alkyl halides is 2. The summed E-state index contributed by atoms with van der Waals surface area (Å²) in [6, 6.07) is 2.58. The molecule has 0 saturated carbocycles. The van der Waals surface area contributed by atoms with E-state index in [0.29, 0.717) is 13.0 Å².